The van der Waals surface area contributed by atoms with Crippen LogP contribution >= 0.6 is 23.5 Å². The largest absolute Gasteiger partial charge is 0.457 e. The molecule has 8 heteroatoms. The molecule has 134 valence electrons. The maximum Gasteiger partial charge on any atom is 0.253 e. The Kier molecular flexibility index (Phi) is 5.91. The maximum absolute atomic E-state index is 12.0. The molecule has 1 unspecified atom stereocenters. The Bertz CT molecular complexity index is 835. The van der Waals surface area contributed by atoms with Gasteiger partial charge in [0.1, 0.15) is 11.5 Å². The topological polar surface area (TPSA) is 67.4 Å². The first kappa shape index (κ1) is 18.5. The summed E-state index contributed by atoms with van der Waals surface area (Å²) in [6.45, 7) is 0.900. The number of thioether (sulfide) groups is 1. The molecule has 25 heavy (non-hydrogen) atoms. The Morgan fingerprint density at radius 2 is 2.00 bits per heavy atom. The normalized spacial score (nSPS) is 17.6. The third-order valence-electron chi connectivity index (χ3n) is 4.12. The van der Waals surface area contributed by atoms with E-state index in [1.54, 1.807) is 23.9 Å². The highest BCUT2D eigenvalue weighted by Crippen LogP contribution is 2.35. The van der Waals surface area contributed by atoms with E-state index < -0.39 is 10.0 Å². The highest BCUT2D eigenvalue weighted by Gasteiger charge is 2.23. The molecule has 1 saturated heterocycles. The molecule has 0 amide bonds. The molecule has 3 rings (SSSR count). The van der Waals surface area contributed by atoms with Gasteiger partial charge in [-0.1, -0.05) is 0 Å². The van der Waals surface area contributed by atoms with Crippen LogP contribution in [-0.4, -0.2) is 21.2 Å². The second-order valence-corrected chi connectivity index (χ2v) is 8.68. The summed E-state index contributed by atoms with van der Waals surface area (Å²) in [7, 11) is -3.72. The van der Waals surface area contributed by atoms with Crippen molar-refractivity contribution >= 4 is 33.6 Å². The number of rotatable bonds is 6. The molecule has 1 aliphatic heterocycles. The van der Waals surface area contributed by atoms with Crippen molar-refractivity contribution in [3.63, 3.8) is 0 Å². The van der Waals surface area contributed by atoms with Gasteiger partial charge in [-0.3, -0.25) is 0 Å². The van der Waals surface area contributed by atoms with Gasteiger partial charge >= 0.3 is 0 Å². The van der Waals surface area contributed by atoms with Crippen LogP contribution in [0.15, 0.2) is 52.3 Å². The third-order valence-corrected chi connectivity index (χ3v) is 6.55. The molecule has 2 aromatic carbocycles. The molecular weight excluding hydrogens is 380 g/mol. The Hall–Kier alpha value is -1.25. The lowest BCUT2D eigenvalue weighted by molar-refractivity contribution is 0.464. The average Bonchev–Trinajstić information content (AvgIpc) is 3.17. The molecule has 0 bridgehead atoms. The number of sulfonamides is 1. The van der Waals surface area contributed by atoms with E-state index in [0.29, 0.717) is 11.5 Å². The Balaban J connectivity index is 1.96. The Morgan fingerprint density at radius 3 is 2.60 bits per heavy atom. The molecular formula is C17H19ClN2O3S2. The molecule has 1 heterocycles. The number of nitrogens with one attached hydrogen (secondary N) is 2. The first-order valence-corrected chi connectivity index (χ1v) is 10.9. The fourth-order valence-corrected chi connectivity index (χ4v) is 4.12. The van der Waals surface area contributed by atoms with Crippen LogP contribution < -0.4 is 14.3 Å². The maximum atomic E-state index is 12.0. The quantitative estimate of drug-likeness (QED) is 0.567. The molecule has 0 aromatic heterocycles. The van der Waals surface area contributed by atoms with Gasteiger partial charge in [0.25, 0.3) is 10.0 Å². The van der Waals surface area contributed by atoms with E-state index in [2.05, 4.69) is 5.32 Å². The zero-order valence-corrected chi connectivity index (χ0v) is 16.0. The minimum atomic E-state index is -3.72. The Morgan fingerprint density at radius 1 is 1.24 bits per heavy atom. The minimum Gasteiger partial charge on any atom is -0.457 e. The van der Waals surface area contributed by atoms with Crippen LogP contribution in [0.2, 0.25) is 0 Å². The number of hydrogen-bond donors (Lipinski definition) is 2. The number of ether oxygens (including phenoxy) is 1. The zero-order valence-electron chi connectivity index (χ0n) is 13.7. The summed E-state index contributed by atoms with van der Waals surface area (Å²) in [5, 5.41) is 3.38. The van der Waals surface area contributed by atoms with Gasteiger partial charge in [0.2, 0.25) is 0 Å². The van der Waals surface area contributed by atoms with E-state index in [4.69, 9.17) is 16.5 Å². The van der Waals surface area contributed by atoms with Gasteiger partial charge in [0.05, 0.1) is 4.90 Å². The fraction of sp³-hybridized carbons (Fsp3) is 0.294. The van der Waals surface area contributed by atoms with Crippen LogP contribution in [0, 0.1) is 0 Å². The highest BCUT2D eigenvalue weighted by atomic mass is 35.5. The number of halogens is 1. The predicted molar refractivity (Wildman–Crippen MR) is 101 cm³/mol. The first-order chi connectivity index (χ1) is 12.0. The van der Waals surface area contributed by atoms with Gasteiger partial charge in [-0.15, -0.1) is 16.0 Å². The minimum absolute atomic E-state index is 0.0611. The van der Waals surface area contributed by atoms with Crippen LogP contribution in [0.4, 0.5) is 0 Å². The molecule has 2 N–H and O–H groups in total. The van der Waals surface area contributed by atoms with Gasteiger partial charge in [-0.25, -0.2) is 8.42 Å². The summed E-state index contributed by atoms with van der Waals surface area (Å²) in [6, 6.07) is 12.7. The third kappa shape index (κ3) is 4.30. The molecule has 1 aliphatic rings. The fourth-order valence-electron chi connectivity index (χ4n) is 2.82. The van der Waals surface area contributed by atoms with E-state index >= 15 is 0 Å². The summed E-state index contributed by atoms with van der Waals surface area (Å²) in [4.78, 5) is 1.27. The van der Waals surface area contributed by atoms with Crippen molar-refractivity contribution in [2.24, 2.45) is 0 Å². The van der Waals surface area contributed by atoms with Gasteiger partial charge in [0.15, 0.2) is 0 Å². The molecule has 2 aromatic rings. The lowest BCUT2D eigenvalue weighted by Gasteiger charge is -2.18. The summed E-state index contributed by atoms with van der Waals surface area (Å²) in [5.74, 6) is 1.35. The monoisotopic (exact) mass is 398 g/mol. The van der Waals surface area contributed by atoms with Crippen molar-refractivity contribution in [2.75, 3.05) is 12.8 Å². The average molecular weight is 399 g/mol. The van der Waals surface area contributed by atoms with Gasteiger partial charge in [0, 0.05) is 16.5 Å². The van der Waals surface area contributed by atoms with Gasteiger partial charge in [-0.05, 0) is 79.9 Å². The summed E-state index contributed by atoms with van der Waals surface area (Å²) in [6.07, 6.45) is 3.99. The molecule has 0 saturated carbocycles. The van der Waals surface area contributed by atoms with Crippen LogP contribution in [0.3, 0.4) is 0 Å². The van der Waals surface area contributed by atoms with Crippen molar-refractivity contribution in [2.45, 2.75) is 28.7 Å². The molecule has 1 fully saturated rings. The molecule has 0 aliphatic carbocycles. The van der Waals surface area contributed by atoms with E-state index in [1.165, 1.54) is 6.07 Å². The van der Waals surface area contributed by atoms with Crippen LogP contribution in [0.25, 0.3) is 0 Å². The lowest BCUT2D eigenvalue weighted by atomic mass is 10.0. The van der Waals surface area contributed by atoms with E-state index in [9.17, 15) is 8.42 Å². The van der Waals surface area contributed by atoms with E-state index in [0.717, 1.165) is 29.8 Å². The molecule has 5 nitrogen and oxygen atoms in total. The zero-order chi connectivity index (χ0) is 17.9. The summed E-state index contributed by atoms with van der Waals surface area (Å²) < 4.78 is 31.9. The van der Waals surface area contributed by atoms with Gasteiger partial charge < -0.3 is 10.1 Å². The van der Waals surface area contributed by atoms with E-state index in [-0.39, 0.29) is 10.9 Å². The standard InChI is InChI=1S/C17H19ClN2O3S2/c1-24-13-6-4-12(5-7-13)23-17-9-8-14(25(21,22)20-18)11-15(17)16-3-2-10-19-16/h4-9,11,16,19-20H,2-3,10H2,1H3. The number of hydrogen-bond acceptors (Lipinski definition) is 5. The van der Waals surface area contributed by atoms with Crippen molar-refractivity contribution in [3.05, 3.63) is 48.0 Å². The molecule has 1 atom stereocenters. The van der Waals surface area contributed by atoms with Crippen molar-refractivity contribution in [1.29, 1.82) is 0 Å². The van der Waals surface area contributed by atoms with Crippen molar-refractivity contribution in [3.8, 4) is 11.5 Å². The second-order valence-electron chi connectivity index (χ2n) is 5.71. The molecule has 0 radical (unpaired) electrons. The SMILES string of the molecule is CSc1ccc(Oc2ccc(S(=O)(=O)NCl)cc2C2CCCN2)cc1. The summed E-state index contributed by atoms with van der Waals surface area (Å²) >= 11 is 7.01. The van der Waals surface area contributed by atoms with Crippen molar-refractivity contribution in [1.82, 2.24) is 9.56 Å². The summed E-state index contributed by atoms with van der Waals surface area (Å²) in [5.41, 5.74) is 0.819. The number of benzene rings is 2. The first-order valence-electron chi connectivity index (χ1n) is 7.85. The van der Waals surface area contributed by atoms with Crippen LogP contribution in [-0.2, 0) is 10.0 Å². The van der Waals surface area contributed by atoms with Gasteiger partial charge in [-0.2, -0.15) is 0 Å². The van der Waals surface area contributed by atoms with Crippen molar-refractivity contribution < 1.29 is 13.2 Å². The Labute approximate surface area is 157 Å². The smallest absolute Gasteiger partial charge is 0.253 e. The lowest BCUT2D eigenvalue weighted by Crippen LogP contribution is -2.17. The van der Waals surface area contributed by atoms with Crippen LogP contribution in [0.1, 0.15) is 24.4 Å². The molecule has 0 spiro atoms. The second kappa shape index (κ2) is 7.97. The predicted octanol–water partition coefficient (Wildman–Crippen LogP) is 4.06. The highest BCUT2D eigenvalue weighted by molar-refractivity contribution is 7.98. The van der Waals surface area contributed by atoms with E-state index in [1.807, 2.05) is 34.8 Å². The van der Waals surface area contributed by atoms with Crippen LogP contribution in [0.5, 0.6) is 11.5 Å².